The first kappa shape index (κ1) is 13.1. The number of aliphatic hydroxyl groups excluding tert-OH is 1. The Morgan fingerprint density at radius 1 is 1.35 bits per heavy atom. The van der Waals surface area contributed by atoms with Crippen LogP contribution in [0.15, 0.2) is 28.7 Å². The van der Waals surface area contributed by atoms with Crippen LogP contribution in [-0.4, -0.2) is 35.7 Å². The number of hydrogen-bond acceptors (Lipinski definition) is 2. The zero-order chi connectivity index (χ0) is 12.3. The molecule has 3 heteroatoms. The third-order valence-electron chi connectivity index (χ3n) is 3.64. The van der Waals surface area contributed by atoms with Crippen molar-refractivity contribution in [3.8, 4) is 0 Å². The Kier molecular flexibility index (Phi) is 4.60. The van der Waals surface area contributed by atoms with Gasteiger partial charge in [0.15, 0.2) is 0 Å². The van der Waals surface area contributed by atoms with Gasteiger partial charge < -0.3 is 10.0 Å². The molecule has 0 aromatic heterocycles. The topological polar surface area (TPSA) is 23.5 Å². The molecule has 1 fully saturated rings. The normalized spacial score (nSPS) is 26.1. The van der Waals surface area contributed by atoms with Gasteiger partial charge in [0.25, 0.3) is 0 Å². The molecule has 17 heavy (non-hydrogen) atoms. The number of aliphatic hydroxyl groups is 1. The Morgan fingerprint density at radius 2 is 2.06 bits per heavy atom. The van der Waals surface area contributed by atoms with Crippen molar-refractivity contribution in [1.82, 2.24) is 4.90 Å². The molecule has 0 aliphatic carbocycles. The summed E-state index contributed by atoms with van der Waals surface area (Å²) in [6.45, 7) is 5.33. The van der Waals surface area contributed by atoms with Gasteiger partial charge in [-0.05, 0) is 37.1 Å². The van der Waals surface area contributed by atoms with E-state index < -0.39 is 0 Å². The fraction of sp³-hybridized carbons (Fsp3) is 0.571. The molecule has 94 valence electrons. The van der Waals surface area contributed by atoms with E-state index in [1.807, 2.05) is 0 Å². The van der Waals surface area contributed by atoms with E-state index >= 15 is 0 Å². The van der Waals surface area contributed by atoms with Crippen molar-refractivity contribution in [2.24, 2.45) is 5.92 Å². The number of benzene rings is 1. The molecule has 0 amide bonds. The van der Waals surface area contributed by atoms with Gasteiger partial charge in [-0.25, -0.2) is 0 Å². The number of nitrogens with zero attached hydrogens (tertiary/aromatic N) is 1. The Bertz CT molecular complexity index is 352. The van der Waals surface area contributed by atoms with Crippen molar-refractivity contribution in [3.63, 3.8) is 0 Å². The van der Waals surface area contributed by atoms with Crippen LogP contribution in [0, 0.1) is 5.92 Å². The van der Waals surface area contributed by atoms with Gasteiger partial charge in [0, 0.05) is 23.5 Å². The van der Waals surface area contributed by atoms with Gasteiger partial charge >= 0.3 is 0 Å². The zero-order valence-corrected chi connectivity index (χ0v) is 11.9. The van der Waals surface area contributed by atoms with Gasteiger partial charge in [0.1, 0.15) is 0 Å². The maximum Gasteiger partial charge on any atom is 0.0596 e. The highest BCUT2D eigenvalue weighted by molar-refractivity contribution is 9.10. The molecule has 2 atom stereocenters. The van der Waals surface area contributed by atoms with Crippen molar-refractivity contribution < 1.29 is 5.11 Å². The van der Waals surface area contributed by atoms with Crippen LogP contribution < -0.4 is 0 Å². The monoisotopic (exact) mass is 297 g/mol. The molecule has 1 aromatic rings. The highest BCUT2D eigenvalue weighted by Crippen LogP contribution is 2.22. The summed E-state index contributed by atoms with van der Waals surface area (Å²) < 4.78 is 1.11. The lowest BCUT2D eigenvalue weighted by molar-refractivity contribution is 0.0290. The number of hydrogen-bond donors (Lipinski definition) is 1. The van der Waals surface area contributed by atoms with E-state index in [2.05, 4.69) is 52.0 Å². The van der Waals surface area contributed by atoms with E-state index in [4.69, 9.17) is 0 Å². The van der Waals surface area contributed by atoms with E-state index in [0.29, 0.717) is 5.92 Å². The summed E-state index contributed by atoms with van der Waals surface area (Å²) in [6.07, 6.45) is 1.75. The summed E-state index contributed by atoms with van der Waals surface area (Å²) in [5, 5.41) is 10.1. The van der Waals surface area contributed by atoms with Crippen molar-refractivity contribution in [2.45, 2.75) is 25.9 Å². The quantitative estimate of drug-likeness (QED) is 0.927. The largest absolute Gasteiger partial charge is 0.393 e. The highest BCUT2D eigenvalue weighted by atomic mass is 79.9. The SMILES string of the molecule is CCN1CCC(O)C(Cc2ccc(Br)cc2)C1. The van der Waals surface area contributed by atoms with Crippen molar-refractivity contribution in [2.75, 3.05) is 19.6 Å². The van der Waals surface area contributed by atoms with Gasteiger partial charge in [-0.3, -0.25) is 0 Å². The second-order valence-electron chi connectivity index (χ2n) is 4.84. The Hall–Kier alpha value is -0.380. The van der Waals surface area contributed by atoms with E-state index in [0.717, 1.165) is 36.9 Å². The van der Waals surface area contributed by atoms with Gasteiger partial charge in [-0.2, -0.15) is 0 Å². The molecule has 0 bridgehead atoms. The Labute approximate surface area is 112 Å². The summed E-state index contributed by atoms with van der Waals surface area (Å²) in [5.74, 6) is 0.380. The Morgan fingerprint density at radius 3 is 2.71 bits per heavy atom. The number of rotatable bonds is 3. The van der Waals surface area contributed by atoms with Gasteiger partial charge in [-0.15, -0.1) is 0 Å². The van der Waals surface area contributed by atoms with Crippen LogP contribution in [0.3, 0.4) is 0 Å². The van der Waals surface area contributed by atoms with Crippen molar-refractivity contribution in [3.05, 3.63) is 34.3 Å². The van der Waals surface area contributed by atoms with Crippen LogP contribution >= 0.6 is 15.9 Å². The minimum atomic E-state index is -0.138. The molecule has 0 spiro atoms. The Balaban J connectivity index is 1.98. The van der Waals surface area contributed by atoms with Crippen LogP contribution in [-0.2, 0) is 6.42 Å². The molecule has 1 aliphatic rings. The predicted octanol–water partition coefficient (Wildman–Crippen LogP) is 2.69. The van der Waals surface area contributed by atoms with Crippen molar-refractivity contribution >= 4 is 15.9 Å². The molecule has 1 aliphatic heterocycles. The highest BCUT2D eigenvalue weighted by Gasteiger charge is 2.26. The molecule has 1 aromatic carbocycles. The lowest BCUT2D eigenvalue weighted by Crippen LogP contribution is -2.43. The molecule has 2 nitrogen and oxygen atoms in total. The summed E-state index contributed by atoms with van der Waals surface area (Å²) in [6, 6.07) is 8.42. The molecule has 1 saturated heterocycles. The molecule has 1 heterocycles. The van der Waals surface area contributed by atoms with E-state index in [1.54, 1.807) is 0 Å². The third kappa shape index (κ3) is 3.54. The maximum absolute atomic E-state index is 10.1. The first-order chi connectivity index (χ1) is 8.19. The fourth-order valence-electron chi connectivity index (χ4n) is 2.51. The summed E-state index contributed by atoms with van der Waals surface area (Å²) in [4.78, 5) is 2.43. The average Bonchev–Trinajstić information content (AvgIpc) is 2.35. The molecule has 2 unspecified atom stereocenters. The lowest BCUT2D eigenvalue weighted by atomic mass is 9.89. The number of piperidine rings is 1. The molecule has 0 radical (unpaired) electrons. The number of halogens is 1. The molecule has 2 rings (SSSR count). The third-order valence-corrected chi connectivity index (χ3v) is 4.16. The second-order valence-corrected chi connectivity index (χ2v) is 5.76. The molecule has 1 N–H and O–H groups in total. The summed E-state index contributed by atoms with van der Waals surface area (Å²) in [5.41, 5.74) is 1.32. The van der Waals surface area contributed by atoms with Gasteiger partial charge in [-0.1, -0.05) is 35.0 Å². The summed E-state index contributed by atoms with van der Waals surface area (Å²) >= 11 is 3.45. The molecule has 0 saturated carbocycles. The zero-order valence-electron chi connectivity index (χ0n) is 10.3. The lowest BCUT2D eigenvalue weighted by Gasteiger charge is -2.35. The van der Waals surface area contributed by atoms with Crippen LogP contribution in [0.2, 0.25) is 0 Å². The first-order valence-corrected chi connectivity index (χ1v) is 7.13. The summed E-state index contributed by atoms with van der Waals surface area (Å²) in [7, 11) is 0. The fourth-order valence-corrected chi connectivity index (χ4v) is 2.77. The molecular weight excluding hydrogens is 278 g/mol. The van der Waals surface area contributed by atoms with Gasteiger partial charge in [0.05, 0.1) is 6.10 Å². The van der Waals surface area contributed by atoms with Crippen LogP contribution in [0.1, 0.15) is 18.9 Å². The first-order valence-electron chi connectivity index (χ1n) is 6.34. The van der Waals surface area contributed by atoms with Crippen LogP contribution in [0.5, 0.6) is 0 Å². The average molecular weight is 298 g/mol. The smallest absolute Gasteiger partial charge is 0.0596 e. The van der Waals surface area contributed by atoms with Gasteiger partial charge in [0.2, 0.25) is 0 Å². The number of likely N-dealkylation sites (tertiary alicyclic amines) is 1. The minimum Gasteiger partial charge on any atom is -0.393 e. The maximum atomic E-state index is 10.1. The second kappa shape index (κ2) is 5.98. The van der Waals surface area contributed by atoms with E-state index in [9.17, 15) is 5.11 Å². The van der Waals surface area contributed by atoms with E-state index in [1.165, 1.54) is 5.56 Å². The van der Waals surface area contributed by atoms with Crippen LogP contribution in [0.4, 0.5) is 0 Å². The van der Waals surface area contributed by atoms with Crippen molar-refractivity contribution in [1.29, 1.82) is 0 Å². The van der Waals surface area contributed by atoms with Crippen LogP contribution in [0.25, 0.3) is 0 Å². The van der Waals surface area contributed by atoms with E-state index in [-0.39, 0.29) is 6.10 Å². The predicted molar refractivity (Wildman–Crippen MR) is 74.1 cm³/mol. The molecular formula is C14H20BrNO. The minimum absolute atomic E-state index is 0.138. The standard InChI is InChI=1S/C14H20BrNO/c1-2-16-8-7-14(17)12(10-16)9-11-3-5-13(15)6-4-11/h3-6,12,14,17H,2,7-10H2,1H3.